The summed E-state index contributed by atoms with van der Waals surface area (Å²) in [4.78, 5) is -0.132. The molecular weight excluding hydrogens is 647 g/mol. The van der Waals surface area contributed by atoms with E-state index in [2.05, 4.69) is 6.92 Å². The van der Waals surface area contributed by atoms with Gasteiger partial charge in [0.05, 0.1) is 21.3 Å². The summed E-state index contributed by atoms with van der Waals surface area (Å²) in [6.07, 6.45) is 12.3. The molecule has 0 bridgehead atoms. The van der Waals surface area contributed by atoms with Crippen molar-refractivity contribution in [3.05, 3.63) is 91.0 Å². The van der Waals surface area contributed by atoms with Gasteiger partial charge in [-0.25, -0.2) is 16.8 Å². The van der Waals surface area contributed by atoms with Gasteiger partial charge in [-0.3, -0.25) is 4.18 Å². The van der Waals surface area contributed by atoms with E-state index in [1.54, 1.807) is 42.5 Å². The number of rotatable bonds is 15. The fourth-order valence-electron chi connectivity index (χ4n) is 3.59. The number of unbranched alkanes of at least 4 members (excludes halogenated alkanes) is 9. The molecule has 0 unspecified atom stereocenters. The molecule has 0 heterocycles. The molecule has 0 aliphatic carbocycles. The molecule has 0 N–H and O–H groups in total. The minimum atomic E-state index is -4.25. The van der Waals surface area contributed by atoms with Crippen molar-refractivity contribution in [2.24, 2.45) is 0 Å². The number of hydrogen-bond donors (Lipinski definition) is 0. The zero-order valence-electron chi connectivity index (χ0n) is 25.8. The molecule has 3 aromatic rings. The predicted molar refractivity (Wildman–Crippen MR) is 160 cm³/mol. The van der Waals surface area contributed by atoms with E-state index in [-0.39, 0.29) is 80.4 Å². The molecule has 0 saturated carbocycles. The third kappa shape index (κ3) is 22.0. The number of hydrogen-bond acceptors (Lipinski definition) is 9. The second-order valence-corrected chi connectivity index (χ2v) is 13.7. The molecule has 0 radical (unpaired) electrons. The molecule has 0 aromatic heterocycles. The van der Waals surface area contributed by atoms with Crippen LogP contribution < -0.4 is 59.1 Å². The standard InChI is InChI=1S/C18H30O3S.2C6H6O3S.2Na/c1-2-3-4-5-6-7-8-9-10-14-17-21-22(19,20)18-15-12-11-13-16-18;2*7-10(8,9)6-4-2-1-3-5-6;;/h11-13,15-16H,2-10,14,17H2,1H3;2*1-5H,(H,7,8,9);;/q;;;2*+1/p-2. The Kier molecular flexibility index (Phi) is 26.4. The van der Waals surface area contributed by atoms with Gasteiger partial charge < -0.3 is 9.11 Å². The van der Waals surface area contributed by atoms with Crippen molar-refractivity contribution in [1.29, 1.82) is 0 Å². The van der Waals surface area contributed by atoms with Crippen molar-refractivity contribution >= 4 is 30.4 Å². The van der Waals surface area contributed by atoms with Crippen molar-refractivity contribution in [3.8, 4) is 0 Å². The van der Waals surface area contributed by atoms with Gasteiger partial charge in [-0.05, 0) is 42.8 Å². The normalized spacial score (nSPS) is 11.0. The first-order chi connectivity index (χ1) is 19.9. The topological polar surface area (TPSA) is 158 Å². The van der Waals surface area contributed by atoms with Crippen LogP contribution in [0.15, 0.2) is 106 Å². The first kappa shape index (κ1) is 45.5. The Balaban J connectivity index is 0. The quantitative estimate of drug-likeness (QED) is 0.0961. The van der Waals surface area contributed by atoms with Crippen molar-refractivity contribution in [2.75, 3.05) is 6.61 Å². The summed E-state index contributed by atoms with van der Waals surface area (Å²) in [7, 11) is -12.1. The first-order valence-corrected chi connectivity index (χ1v) is 18.1. The van der Waals surface area contributed by atoms with Crippen molar-refractivity contribution in [2.45, 2.75) is 85.8 Å². The van der Waals surface area contributed by atoms with Gasteiger partial charge in [0, 0.05) is 0 Å². The summed E-state index contributed by atoms with van der Waals surface area (Å²) in [5.41, 5.74) is 0. The van der Waals surface area contributed by atoms with Crippen LogP contribution in [0.4, 0.5) is 0 Å². The van der Waals surface area contributed by atoms with E-state index >= 15 is 0 Å². The van der Waals surface area contributed by atoms with Crippen molar-refractivity contribution in [3.63, 3.8) is 0 Å². The zero-order valence-corrected chi connectivity index (χ0v) is 32.3. The predicted octanol–water partition coefficient (Wildman–Crippen LogP) is 0.502. The maximum Gasteiger partial charge on any atom is 1.00 e. The van der Waals surface area contributed by atoms with Crippen LogP contribution in [0.3, 0.4) is 0 Å². The van der Waals surface area contributed by atoms with E-state index in [4.69, 9.17) is 4.18 Å². The molecule has 3 rings (SSSR count). The van der Waals surface area contributed by atoms with Gasteiger partial charge in [0.15, 0.2) is 0 Å². The molecule has 234 valence electrons. The zero-order chi connectivity index (χ0) is 31.3. The second-order valence-electron chi connectivity index (χ2n) is 9.31. The average molecular weight is 687 g/mol. The minimum absolute atomic E-state index is 0. The molecule has 0 amide bonds. The van der Waals surface area contributed by atoms with Crippen LogP contribution in [0.1, 0.15) is 71.1 Å². The Morgan fingerprint density at radius 2 is 0.773 bits per heavy atom. The maximum atomic E-state index is 11.9. The Morgan fingerprint density at radius 1 is 0.477 bits per heavy atom. The van der Waals surface area contributed by atoms with Gasteiger partial charge in [-0.2, -0.15) is 8.42 Å². The van der Waals surface area contributed by atoms with E-state index < -0.39 is 30.4 Å². The van der Waals surface area contributed by atoms with Crippen LogP contribution in [0.2, 0.25) is 0 Å². The van der Waals surface area contributed by atoms with Crippen LogP contribution in [-0.2, 0) is 34.5 Å². The SMILES string of the molecule is CCCCCCCCCCCCOS(=O)(=O)c1ccccc1.O=S(=O)([O-])c1ccccc1.O=S(=O)([O-])c1ccccc1.[Na+].[Na+]. The van der Waals surface area contributed by atoms with Gasteiger partial charge in [0.1, 0.15) is 20.2 Å². The summed E-state index contributed by atoms with van der Waals surface area (Å²) < 4.78 is 90.5. The monoisotopic (exact) mass is 686 g/mol. The Hall–Kier alpha value is -0.610. The van der Waals surface area contributed by atoms with Crippen LogP contribution in [-0.4, -0.2) is 41.0 Å². The molecular formula is C30H40Na2O9S3. The van der Waals surface area contributed by atoms with Crippen LogP contribution in [0.25, 0.3) is 0 Å². The van der Waals surface area contributed by atoms with Crippen molar-refractivity contribution in [1.82, 2.24) is 0 Å². The Morgan fingerprint density at radius 3 is 1.07 bits per heavy atom. The Labute approximate surface area is 308 Å². The van der Waals surface area contributed by atoms with Gasteiger partial charge in [0.25, 0.3) is 10.1 Å². The van der Waals surface area contributed by atoms with Crippen molar-refractivity contribution < 1.29 is 97.7 Å². The van der Waals surface area contributed by atoms with E-state index in [0.717, 1.165) is 12.8 Å². The molecule has 3 aromatic carbocycles. The summed E-state index contributed by atoms with van der Waals surface area (Å²) >= 11 is 0. The maximum absolute atomic E-state index is 11.9. The summed E-state index contributed by atoms with van der Waals surface area (Å²) in [6, 6.07) is 22.7. The Bertz CT molecular complexity index is 1370. The average Bonchev–Trinajstić information content (AvgIpc) is 2.97. The second kappa shape index (κ2) is 25.5. The third-order valence-corrected chi connectivity index (χ3v) is 8.86. The first-order valence-electron chi connectivity index (χ1n) is 13.8. The molecule has 0 aliphatic heterocycles. The van der Waals surface area contributed by atoms with E-state index in [0.29, 0.717) is 0 Å². The van der Waals surface area contributed by atoms with E-state index in [1.165, 1.54) is 99.9 Å². The van der Waals surface area contributed by atoms with E-state index in [1.807, 2.05) is 0 Å². The molecule has 9 nitrogen and oxygen atoms in total. The molecule has 0 aliphatic rings. The molecule has 44 heavy (non-hydrogen) atoms. The van der Waals surface area contributed by atoms with Crippen LogP contribution in [0, 0.1) is 0 Å². The summed E-state index contributed by atoms with van der Waals surface area (Å²) in [5.74, 6) is 0. The fourth-order valence-corrected chi connectivity index (χ4v) is 5.53. The smallest absolute Gasteiger partial charge is 0.744 e. The molecule has 14 heteroatoms. The third-order valence-electron chi connectivity index (χ3n) is 5.83. The molecule has 0 spiro atoms. The van der Waals surface area contributed by atoms with Crippen LogP contribution in [0.5, 0.6) is 0 Å². The number of benzene rings is 3. The summed E-state index contributed by atoms with van der Waals surface area (Å²) in [6.45, 7) is 2.52. The van der Waals surface area contributed by atoms with Gasteiger partial charge >= 0.3 is 59.1 Å². The largest absolute Gasteiger partial charge is 1.00 e. The van der Waals surface area contributed by atoms with E-state index in [9.17, 15) is 34.4 Å². The molecule has 0 saturated heterocycles. The van der Waals surface area contributed by atoms with Gasteiger partial charge in [0.2, 0.25) is 0 Å². The van der Waals surface area contributed by atoms with Crippen LogP contribution >= 0.6 is 0 Å². The van der Waals surface area contributed by atoms with Gasteiger partial charge in [-0.1, -0.05) is 119 Å². The summed E-state index contributed by atoms with van der Waals surface area (Å²) in [5, 5.41) is 0. The molecule has 0 atom stereocenters. The minimum Gasteiger partial charge on any atom is -0.744 e. The van der Waals surface area contributed by atoms with Gasteiger partial charge in [-0.15, -0.1) is 0 Å². The fraction of sp³-hybridized carbons (Fsp3) is 0.400. The molecule has 0 fully saturated rings.